The molecule has 1 aromatic heterocycles. The van der Waals surface area contributed by atoms with Crippen molar-refractivity contribution >= 4 is 22.9 Å². The number of nitrogens with zero attached hydrogens (tertiary/aromatic N) is 2. The maximum atomic E-state index is 11.7. The fourth-order valence-corrected chi connectivity index (χ4v) is 4.48. The third kappa shape index (κ3) is 4.46. The summed E-state index contributed by atoms with van der Waals surface area (Å²) in [4.78, 5) is 29.5. The van der Waals surface area contributed by atoms with Crippen molar-refractivity contribution in [2.24, 2.45) is 0 Å². The number of oxazole rings is 1. The van der Waals surface area contributed by atoms with Crippen LogP contribution in [0.25, 0.3) is 0 Å². The molecule has 7 heteroatoms. The van der Waals surface area contributed by atoms with Gasteiger partial charge in [-0.15, -0.1) is 0 Å². The van der Waals surface area contributed by atoms with Gasteiger partial charge in [0.05, 0.1) is 24.6 Å². The lowest BCUT2D eigenvalue weighted by Crippen LogP contribution is -2.27. The molecule has 6 nitrogen and oxygen atoms in total. The zero-order chi connectivity index (χ0) is 21.1. The van der Waals surface area contributed by atoms with Crippen LogP contribution in [0, 0.1) is 6.92 Å². The molecule has 0 N–H and O–H groups in total. The molecule has 1 saturated heterocycles. The van der Waals surface area contributed by atoms with Gasteiger partial charge in [-0.2, -0.15) is 0 Å². The molecule has 2 aliphatic rings. The maximum absolute atomic E-state index is 11.7. The van der Waals surface area contributed by atoms with E-state index in [0.29, 0.717) is 19.6 Å². The highest BCUT2D eigenvalue weighted by Gasteiger charge is 2.32. The Morgan fingerprint density at radius 1 is 1.23 bits per heavy atom. The van der Waals surface area contributed by atoms with Gasteiger partial charge in [-0.1, -0.05) is 43.0 Å². The highest BCUT2D eigenvalue weighted by Crippen LogP contribution is 2.36. The van der Waals surface area contributed by atoms with Crippen molar-refractivity contribution in [3.05, 3.63) is 59.3 Å². The topological polar surface area (TPSA) is 72.6 Å². The van der Waals surface area contributed by atoms with Gasteiger partial charge in [-0.05, 0) is 43.9 Å². The SMILES string of the molecule is Cc1oc(C2(C)CC=CCC2)nc1CCOc1ccc(CN2C(=O)CSC2=O)cc1. The number of benzene rings is 1. The van der Waals surface area contributed by atoms with Gasteiger partial charge in [-0.25, -0.2) is 4.98 Å². The van der Waals surface area contributed by atoms with E-state index < -0.39 is 0 Å². The molecule has 0 saturated carbocycles. The van der Waals surface area contributed by atoms with Crippen molar-refractivity contribution in [3.63, 3.8) is 0 Å². The molecule has 2 heterocycles. The first-order valence-electron chi connectivity index (χ1n) is 10.3. The van der Waals surface area contributed by atoms with Crippen molar-refractivity contribution in [2.75, 3.05) is 12.4 Å². The second kappa shape index (κ2) is 8.68. The van der Waals surface area contributed by atoms with Crippen LogP contribution < -0.4 is 4.74 Å². The molecule has 1 unspecified atom stereocenters. The van der Waals surface area contributed by atoms with E-state index in [1.165, 1.54) is 4.90 Å². The minimum atomic E-state index is -0.180. The van der Waals surface area contributed by atoms with Crippen LogP contribution in [0.3, 0.4) is 0 Å². The van der Waals surface area contributed by atoms with Gasteiger partial charge in [0.2, 0.25) is 11.8 Å². The van der Waals surface area contributed by atoms with Crippen LogP contribution >= 0.6 is 11.8 Å². The van der Waals surface area contributed by atoms with Crippen molar-refractivity contribution in [1.29, 1.82) is 0 Å². The van der Waals surface area contributed by atoms with E-state index in [0.717, 1.165) is 59.7 Å². The molecule has 1 fully saturated rings. The van der Waals surface area contributed by atoms with Crippen LogP contribution in [-0.4, -0.2) is 33.4 Å². The lowest BCUT2D eigenvalue weighted by molar-refractivity contribution is -0.125. The summed E-state index contributed by atoms with van der Waals surface area (Å²) in [6, 6.07) is 7.50. The molecule has 0 spiro atoms. The van der Waals surface area contributed by atoms with Crippen molar-refractivity contribution < 1.29 is 18.7 Å². The Morgan fingerprint density at radius 3 is 2.70 bits per heavy atom. The number of aromatic nitrogens is 1. The van der Waals surface area contributed by atoms with Crippen LogP contribution in [-0.2, 0) is 23.2 Å². The molecule has 4 rings (SSSR count). The Morgan fingerprint density at radius 2 is 2.03 bits per heavy atom. The molecule has 2 amide bonds. The minimum Gasteiger partial charge on any atom is -0.493 e. The first-order chi connectivity index (χ1) is 14.4. The van der Waals surface area contributed by atoms with E-state index in [1.807, 2.05) is 31.2 Å². The predicted molar refractivity (Wildman–Crippen MR) is 116 cm³/mol. The van der Waals surface area contributed by atoms with Crippen molar-refractivity contribution in [2.45, 2.75) is 51.5 Å². The summed E-state index contributed by atoms with van der Waals surface area (Å²) in [6.45, 7) is 4.98. The number of imide groups is 1. The van der Waals surface area contributed by atoms with Crippen LogP contribution in [0.15, 0.2) is 40.8 Å². The molecule has 1 aliphatic carbocycles. The summed E-state index contributed by atoms with van der Waals surface area (Å²) in [6.07, 6.45) is 8.19. The smallest absolute Gasteiger partial charge is 0.289 e. The Balaban J connectivity index is 1.31. The van der Waals surface area contributed by atoms with Gasteiger partial charge >= 0.3 is 0 Å². The van der Waals surface area contributed by atoms with E-state index >= 15 is 0 Å². The normalized spacial score (nSPS) is 21.5. The van der Waals surface area contributed by atoms with E-state index in [-0.39, 0.29) is 22.3 Å². The lowest BCUT2D eigenvalue weighted by atomic mass is 9.79. The number of aryl methyl sites for hydroxylation is 1. The number of thioether (sulfide) groups is 1. The van der Waals surface area contributed by atoms with Gasteiger partial charge in [0.25, 0.3) is 5.24 Å². The molecule has 2 aromatic rings. The molecule has 30 heavy (non-hydrogen) atoms. The molecule has 158 valence electrons. The fourth-order valence-electron chi connectivity index (χ4n) is 3.75. The lowest BCUT2D eigenvalue weighted by Gasteiger charge is -2.26. The summed E-state index contributed by atoms with van der Waals surface area (Å²) < 4.78 is 11.9. The Kier molecular flexibility index (Phi) is 5.99. The molecule has 0 radical (unpaired) electrons. The number of rotatable bonds is 7. The zero-order valence-corrected chi connectivity index (χ0v) is 18.2. The fraction of sp³-hybridized carbons (Fsp3) is 0.435. The standard InChI is InChI=1S/C23H26N2O4S/c1-16-19(24-21(29-16)23(2)11-4-3-5-12-23)10-13-28-18-8-6-17(7-9-18)14-25-20(26)15-30-22(25)27/h3-4,6-9H,5,10-15H2,1-2H3. The average molecular weight is 427 g/mol. The number of allylic oxidation sites excluding steroid dienone is 2. The number of hydrogen-bond acceptors (Lipinski definition) is 6. The molecule has 0 bridgehead atoms. The van der Waals surface area contributed by atoms with Crippen LogP contribution in [0.1, 0.15) is 49.1 Å². The van der Waals surface area contributed by atoms with Gasteiger partial charge in [-0.3, -0.25) is 14.5 Å². The Labute approximate surface area is 180 Å². The largest absolute Gasteiger partial charge is 0.493 e. The third-order valence-electron chi connectivity index (χ3n) is 5.72. The number of ether oxygens (including phenoxy) is 1. The van der Waals surface area contributed by atoms with Crippen LogP contribution in [0.5, 0.6) is 5.75 Å². The first kappa shape index (κ1) is 20.7. The predicted octanol–water partition coefficient (Wildman–Crippen LogP) is 4.80. The molecular weight excluding hydrogens is 400 g/mol. The van der Waals surface area contributed by atoms with Crippen LogP contribution in [0.2, 0.25) is 0 Å². The monoisotopic (exact) mass is 426 g/mol. The third-order valence-corrected chi connectivity index (χ3v) is 6.58. The van der Waals surface area contributed by atoms with Crippen molar-refractivity contribution in [3.8, 4) is 5.75 Å². The highest BCUT2D eigenvalue weighted by molar-refractivity contribution is 8.14. The molecule has 1 atom stereocenters. The number of carbonyl (C=O) groups is 2. The summed E-state index contributed by atoms with van der Waals surface area (Å²) in [5, 5.41) is -0.180. The summed E-state index contributed by atoms with van der Waals surface area (Å²) in [5.41, 5.74) is 1.82. The zero-order valence-electron chi connectivity index (χ0n) is 17.3. The van der Waals surface area contributed by atoms with Crippen molar-refractivity contribution in [1.82, 2.24) is 9.88 Å². The quantitative estimate of drug-likeness (QED) is 0.592. The van der Waals surface area contributed by atoms with E-state index in [9.17, 15) is 9.59 Å². The van der Waals surface area contributed by atoms with E-state index in [1.54, 1.807) is 0 Å². The second-order valence-electron chi connectivity index (χ2n) is 8.07. The van der Waals surface area contributed by atoms with Gasteiger partial charge in [0.1, 0.15) is 11.5 Å². The Bertz CT molecular complexity index is 950. The van der Waals surface area contributed by atoms with Gasteiger partial charge < -0.3 is 9.15 Å². The number of hydrogen-bond donors (Lipinski definition) is 0. The molecule has 1 aliphatic heterocycles. The van der Waals surface area contributed by atoms with E-state index in [2.05, 4.69) is 19.1 Å². The van der Waals surface area contributed by atoms with Crippen LogP contribution in [0.4, 0.5) is 4.79 Å². The maximum Gasteiger partial charge on any atom is 0.289 e. The first-order valence-corrected chi connectivity index (χ1v) is 11.2. The second-order valence-corrected chi connectivity index (χ2v) is 9.00. The summed E-state index contributed by atoms with van der Waals surface area (Å²) in [7, 11) is 0. The summed E-state index contributed by atoms with van der Waals surface area (Å²) >= 11 is 1.05. The molecular formula is C23H26N2O4S. The number of carbonyl (C=O) groups excluding carboxylic acids is 2. The molecule has 1 aromatic carbocycles. The number of amides is 2. The Hall–Kier alpha value is -2.54. The van der Waals surface area contributed by atoms with Gasteiger partial charge in [0.15, 0.2) is 0 Å². The minimum absolute atomic E-state index is 0.0228. The van der Waals surface area contributed by atoms with E-state index in [4.69, 9.17) is 14.1 Å². The van der Waals surface area contributed by atoms with Gasteiger partial charge in [0, 0.05) is 11.8 Å². The average Bonchev–Trinajstić information content (AvgIpc) is 3.27. The highest BCUT2D eigenvalue weighted by atomic mass is 32.2. The summed E-state index contributed by atoms with van der Waals surface area (Å²) in [5.74, 6) is 2.54.